The van der Waals surface area contributed by atoms with Crippen LogP contribution in [0, 0.1) is 6.92 Å². The molecule has 3 heteroatoms. The van der Waals surface area contributed by atoms with E-state index in [1.807, 2.05) is 12.1 Å². The van der Waals surface area contributed by atoms with E-state index in [0.29, 0.717) is 6.04 Å². The molecule has 0 radical (unpaired) electrons. The van der Waals surface area contributed by atoms with Crippen LogP contribution in [0.15, 0.2) is 12.1 Å². The van der Waals surface area contributed by atoms with E-state index in [0.717, 1.165) is 34.9 Å². The molecule has 2 rings (SSSR count). The van der Waals surface area contributed by atoms with Crippen molar-refractivity contribution in [1.29, 1.82) is 0 Å². The number of benzene rings is 1. The first-order valence-corrected chi connectivity index (χ1v) is 6.15. The molecule has 1 aliphatic rings. The minimum absolute atomic E-state index is 0.549. The predicted molar refractivity (Wildman–Crippen MR) is 67.5 cm³/mol. The molecule has 1 aliphatic heterocycles. The standard InChI is InChI=1S/C13H18ClNO/c1-9-5-6-12(14)11(13(9)16-2)8-10-4-3-7-15-10/h5-6,10,15H,3-4,7-8H2,1-2H3. The summed E-state index contributed by atoms with van der Waals surface area (Å²) in [6, 6.07) is 4.52. The lowest BCUT2D eigenvalue weighted by Gasteiger charge is -2.16. The summed E-state index contributed by atoms with van der Waals surface area (Å²) in [7, 11) is 1.71. The molecule has 1 N–H and O–H groups in total. The van der Waals surface area contributed by atoms with Crippen molar-refractivity contribution in [2.75, 3.05) is 13.7 Å². The Morgan fingerprint density at radius 3 is 2.94 bits per heavy atom. The summed E-state index contributed by atoms with van der Waals surface area (Å²) in [6.45, 7) is 3.18. The quantitative estimate of drug-likeness (QED) is 0.876. The van der Waals surface area contributed by atoms with Crippen LogP contribution in [-0.2, 0) is 6.42 Å². The second-order valence-electron chi connectivity index (χ2n) is 4.37. The number of aryl methyl sites for hydroxylation is 1. The highest BCUT2D eigenvalue weighted by Crippen LogP contribution is 2.32. The van der Waals surface area contributed by atoms with E-state index in [4.69, 9.17) is 16.3 Å². The van der Waals surface area contributed by atoms with Gasteiger partial charge in [0.15, 0.2) is 0 Å². The molecular weight excluding hydrogens is 222 g/mol. The average molecular weight is 240 g/mol. The summed E-state index contributed by atoms with van der Waals surface area (Å²) in [5, 5.41) is 4.30. The van der Waals surface area contributed by atoms with E-state index in [1.54, 1.807) is 7.11 Å². The van der Waals surface area contributed by atoms with Crippen LogP contribution in [0.2, 0.25) is 5.02 Å². The van der Waals surface area contributed by atoms with Gasteiger partial charge in [0.1, 0.15) is 5.75 Å². The number of halogens is 1. The van der Waals surface area contributed by atoms with Gasteiger partial charge >= 0.3 is 0 Å². The maximum Gasteiger partial charge on any atom is 0.126 e. The molecule has 0 amide bonds. The number of nitrogens with one attached hydrogen (secondary N) is 1. The van der Waals surface area contributed by atoms with Gasteiger partial charge in [-0.3, -0.25) is 0 Å². The Morgan fingerprint density at radius 2 is 2.31 bits per heavy atom. The fourth-order valence-corrected chi connectivity index (χ4v) is 2.60. The maximum absolute atomic E-state index is 6.25. The highest BCUT2D eigenvalue weighted by molar-refractivity contribution is 6.31. The molecule has 0 saturated carbocycles. The molecule has 1 saturated heterocycles. The van der Waals surface area contributed by atoms with Crippen LogP contribution in [0.25, 0.3) is 0 Å². The van der Waals surface area contributed by atoms with Crippen molar-refractivity contribution in [2.45, 2.75) is 32.2 Å². The lowest BCUT2D eigenvalue weighted by atomic mass is 10.0. The first kappa shape index (κ1) is 11.7. The SMILES string of the molecule is COc1c(C)ccc(Cl)c1CC1CCCN1. The molecule has 1 aromatic rings. The molecule has 2 nitrogen and oxygen atoms in total. The summed E-state index contributed by atoms with van der Waals surface area (Å²) in [6.07, 6.45) is 3.45. The summed E-state index contributed by atoms with van der Waals surface area (Å²) < 4.78 is 5.46. The minimum atomic E-state index is 0.549. The van der Waals surface area contributed by atoms with Crippen molar-refractivity contribution in [3.63, 3.8) is 0 Å². The smallest absolute Gasteiger partial charge is 0.126 e. The first-order valence-electron chi connectivity index (χ1n) is 5.77. The maximum atomic E-state index is 6.25. The summed E-state index contributed by atoms with van der Waals surface area (Å²) in [4.78, 5) is 0. The Bertz CT molecular complexity index is 372. The zero-order chi connectivity index (χ0) is 11.5. The molecule has 1 unspecified atom stereocenters. The van der Waals surface area contributed by atoms with Gasteiger partial charge in [0.25, 0.3) is 0 Å². The van der Waals surface area contributed by atoms with Crippen molar-refractivity contribution in [2.24, 2.45) is 0 Å². The molecule has 1 fully saturated rings. The van der Waals surface area contributed by atoms with Gasteiger partial charge in [0, 0.05) is 16.6 Å². The largest absolute Gasteiger partial charge is 0.496 e. The summed E-state index contributed by atoms with van der Waals surface area (Å²) in [5.74, 6) is 0.946. The van der Waals surface area contributed by atoms with Gasteiger partial charge < -0.3 is 10.1 Å². The highest BCUT2D eigenvalue weighted by atomic mass is 35.5. The van der Waals surface area contributed by atoms with Gasteiger partial charge in [-0.1, -0.05) is 17.7 Å². The van der Waals surface area contributed by atoms with Crippen LogP contribution in [0.1, 0.15) is 24.0 Å². The lowest BCUT2D eigenvalue weighted by Crippen LogP contribution is -2.24. The Balaban J connectivity index is 2.26. The molecule has 88 valence electrons. The number of ether oxygens (including phenoxy) is 1. The van der Waals surface area contributed by atoms with Gasteiger partial charge in [-0.25, -0.2) is 0 Å². The van der Waals surface area contributed by atoms with Gasteiger partial charge in [0.2, 0.25) is 0 Å². The molecule has 1 atom stereocenters. The zero-order valence-corrected chi connectivity index (χ0v) is 10.6. The molecule has 16 heavy (non-hydrogen) atoms. The third kappa shape index (κ3) is 2.33. The number of methoxy groups -OCH3 is 1. The van der Waals surface area contributed by atoms with E-state index in [-0.39, 0.29) is 0 Å². The van der Waals surface area contributed by atoms with Crippen LogP contribution < -0.4 is 10.1 Å². The van der Waals surface area contributed by atoms with Gasteiger partial charge in [-0.2, -0.15) is 0 Å². The molecule has 0 bridgehead atoms. The molecule has 0 spiro atoms. The summed E-state index contributed by atoms with van der Waals surface area (Å²) in [5.41, 5.74) is 2.29. The molecule has 1 heterocycles. The predicted octanol–water partition coefficient (Wildman–Crippen LogP) is 2.95. The first-order chi connectivity index (χ1) is 7.72. The zero-order valence-electron chi connectivity index (χ0n) is 9.85. The summed E-state index contributed by atoms with van der Waals surface area (Å²) >= 11 is 6.25. The van der Waals surface area contributed by atoms with Gasteiger partial charge in [0.05, 0.1) is 7.11 Å². The monoisotopic (exact) mass is 239 g/mol. The molecule has 1 aromatic carbocycles. The van der Waals surface area contributed by atoms with Crippen LogP contribution in [0.3, 0.4) is 0 Å². The van der Waals surface area contributed by atoms with Crippen molar-refractivity contribution in [3.8, 4) is 5.75 Å². The fourth-order valence-electron chi connectivity index (χ4n) is 2.37. The molecule has 0 aliphatic carbocycles. The minimum Gasteiger partial charge on any atom is -0.496 e. The van der Waals surface area contributed by atoms with E-state index >= 15 is 0 Å². The molecule has 0 aromatic heterocycles. The van der Waals surface area contributed by atoms with Crippen molar-refractivity contribution >= 4 is 11.6 Å². The lowest BCUT2D eigenvalue weighted by molar-refractivity contribution is 0.404. The van der Waals surface area contributed by atoms with Crippen LogP contribution in [0.5, 0.6) is 5.75 Å². The second-order valence-corrected chi connectivity index (χ2v) is 4.78. The Morgan fingerprint density at radius 1 is 1.50 bits per heavy atom. The Hall–Kier alpha value is -0.730. The van der Waals surface area contributed by atoms with Gasteiger partial charge in [-0.05, 0) is 44.4 Å². The van der Waals surface area contributed by atoms with Crippen LogP contribution >= 0.6 is 11.6 Å². The van der Waals surface area contributed by atoms with Crippen LogP contribution in [0.4, 0.5) is 0 Å². The van der Waals surface area contributed by atoms with E-state index < -0.39 is 0 Å². The average Bonchev–Trinajstić information content (AvgIpc) is 2.77. The van der Waals surface area contributed by atoms with Crippen molar-refractivity contribution in [1.82, 2.24) is 5.32 Å². The molecular formula is C13H18ClNO. The Labute approximate surface area is 102 Å². The third-order valence-electron chi connectivity index (χ3n) is 3.22. The fraction of sp³-hybridized carbons (Fsp3) is 0.538. The van der Waals surface area contributed by atoms with Crippen molar-refractivity contribution in [3.05, 3.63) is 28.3 Å². The van der Waals surface area contributed by atoms with E-state index in [9.17, 15) is 0 Å². The second kappa shape index (κ2) is 5.07. The van der Waals surface area contributed by atoms with Gasteiger partial charge in [-0.15, -0.1) is 0 Å². The highest BCUT2D eigenvalue weighted by Gasteiger charge is 2.19. The number of rotatable bonds is 3. The third-order valence-corrected chi connectivity index (χ3v) is 3.57. The normalized spacial score (nSPS) is 20.1. The van der Waals surface area contributed by atoms with Crippen molar-refractivity contribution < 1.29 is 4.74 Å². The number of hydrogen-bond donors (Lipinski definition) is 1. The van der Waals surface area contributed by atoms with E-state index in [2.05, 4.69) is 12.2 Å². The van der Waals surface area contributed by atoms with E-state index in [1.165, 1.54) is 12.8 Å². The van der Waals surface area contributed by atoms with Crippen LogP contribution in [-0.4, -0.2) is 19.7 Å². The Kier molecular flexibility index (Phi) is 3.72. The topological polar surface area (TPSA) is 21.3 Å². The number of hydrogen-bond acceptors (Lipinski definition) is 2.